The van der Waals surface area contributed by atoms with E-state index >= 15 is 0 Å². The summed E-state index contributed by atoms with van der Waals surface area (Å²) >= 11 is 5.98. The minimum Gasteiger partial charge on any atom is -0.480 e. The molecule has 2 atom stereocenters. The first-order valence-electron chi connectivity index (χ1n) is 6.29. The Balaban J connectivity index is 2.03. The molecule has 108 valence electrons. The highest BCUT2D eigenvalue weighted by Gasteiger charge is 2.50. The molecule has 1 aromatic rings. The second kappa shape index (κ2) is 5.71. The highest BCUT2D eigenvalue weighted by atomic mass is 35.5. The predicted molar refractivity (Wildman–Crippen MR) is 73.6 cm³/mol. The van der Waals surface area contributed by atoms with Crippen molar-refractivity contribution >= 4 is 23.7 Å². The first-order chi connectivity index (χ1) is 9.43. The maximum atomic E-state index is 12.1. The molecule has 1 aliphatic heterocycles. The molecule has 1 saturated heterocycles. The summed E-state index contributed by atoms with van der Waals surface area (Å²) < 4.78 is 5.17. The number of aliphatic carboxylic acids is 1. The summed E-state index contributed by atoms with van der Waals surface area (Å²) in [4.78, 5) is 24.6. The molecular weight excluding hydrogens is 282 g/mol. The molecule has 1 aliphatic rings. The predicted octanol–water partition coefficient (Wildman–Crippen LogP) is 2.48. The van der Waals surface area contributed by atoms with Gasteiger partial charge in [0.2, 0.25) is 0 Å². The molecule has 1 amide bonds. The van der Waals surface area contributed by atoms with Gasteiger partial charge in [-0.05, 0) is 18.9 Å². The number of carboxylic acids is 1. The monoisotopic (exact) mass is 297 g/mol. The molecule has 0 bridgehead atoms. The summed E-state index contributed by atoms with van der Waals surface area (Å²) in [5.41, 5.74) is -0.459. The number of nitrogens with zero attached hydrogens (tertiary/aromatic N) is 1. The first kappa shape index (κ1) is 14.7. The van der Waals surface area contributed by atoms with Crippen LogP contribution in [0.4, 0.5) is 4.79 Å². The normalized spacial score (nSPS) is 25.5. The van der Waals surface area contributed by atoms with Crippen molar-refractivity contribution in [2.75, 3.05) is 6.54 Å². The Labute approximate surface area is 122 Å². The van der Waals surface area contributed by atoms with Crippen LogP contribution in [-0.4, -0.2) is 39.5 Å². The number of benzene rings is 1. The summed E-state index contributed by atoms with van der Waals surface area (Å²) in [6.45, 7) is 1.78. The van der Waals surface area contributed by atoms with Crippen molar-refractivity contribution in [3.05, 3.63) is 35.9 Å². The molecule has 6 heteroatoms. The molecule has 0 aromatic heterocycles. The molecule has 0 aliphatic carbocycles. The van der Waals surface area contributed by atoms with E-state index in [2.05, 4.69) is 0 Å². The highest BCUT2D eigenvalue weighted by Crippen LogP contribution is 2.33. The van der Waals surface area contributed by atoms with Gasteiger partial charge in [-0.2, -0.15) is 0 Å². The lowest BCUT2D eigenvalue weighted by molar-refractivity contribution is -0.147. The number of rotatable bonds is 3. The first-order valence-corrected chi connectivity index (χ1v) is 6.73. The van der Waals surface area contributed by atoms with E-state index < -0.39 is 17.6 Å². The van der Waals surface area contributed by atoms with E-state index in [9.17, 15) is 14.7 Å². The van der Waals surface area contributed by atoms with Gasteiger partial charge < -0.3 is 9.84 Å². The maximum absolute atomic E-state index is 12.1. The van der Waals surface area contributed by atoms with Crippen molar-refractivity contribution < 1.29 is 19.4 Å². The summed E-state index contributed by atoms with van der Waals surface area (Å²) in [6, 6.07) is 9.21. The average Bonchev–Trinajstić information content (AvgIpc) is 2.74. The smallest absolute Gasteiger partial charge is 0.411 e. The Bertz CT molecular complexity index is 507. The van der Waals surface area contributed by atoms with Gasteiger partial charge in [-0.1, -0.05) is 30.3 Å². The maximum Gasteiger partial charge on any atom is 0.411 e. The second-order valence-electron chi connectivity index (χ2n) is 5.03. The molecule has 1 N–H and O–H groups in total. The van der Waals surface area contributed by atoms with E-state index in [0.29, 0.717) is 0 Å². The number of halogens is 1. The number of carbonyl (C=O) groups excluding carboxylic acids is 1. The Morgan fingerprint density at radius 2 is 2.10 bits per heavy atom. The molecule has 20 heavy (non-hydrogen) atoms. The summed E-state index contributed by atoms with van der Waals surface area (Å²) in [5.74, 6) is -1.07. The third-order valence-electron chi connectivity index (χ3n) is 3.48. The number of carboxylic acid groups (broad SMARTS) is 1. The number of hydrogen-bond donors (Lipinski definition) is 1. The Hall–Kier alpha value is -1.75. The second-order valence-corrected chi connectivity index (χ2v) is 5.65. The molecular formula is C14H16ClNO4. The van der Waals surface area contributed by atoms with E-state index in [1.807, 2.05) is 30.3 Å². The van der Waals surface area contributed by atoms with Crippen molar-refractivity contribution in [2.45, 2.75) is 30.9 Å². The van der Waals surface area contributed by atoms with Gasteiger partial charge in [0.1, 0.15) is 12.1 Å². The number of carbonyl (C=O) groups is 2. The number of hydrogen-bond acceptors (Lipinski definition) is 3. The van der Waals surface area contributed by atoms with E-state index in [1.54, 1.807) is 0 Å². The molecule has 5 nitrogen and oxygen atoms in total. The molecule has 1 fully saturated rings. The van der Waals surface area contributed by atoms with Crippen molar-refractivity contribution in [2.24, 2.45) is 0 Å². The molecule has 0 saturated carbocycles. The number of likely N-dealkylation sites (tertiary alicyclic amines) is 1. The fourth-order valence-corrected chi connectivity index (χ4v) is 2.72. The quantitative estimate of drug-likeness (QED) is 0.870. The van der Waals surface area contributed by atoms with Crippen LogP contribution in [-0.2, 0) is 16.1 Å². The Morgan fingerprint density at radius 1 is 1.45 bits per heavy atom. The van der Waals surface area contributed by atoms with Gasteiger partial charge in [-0.25, -0.2) is 9.59 Å². The van der Waals surface area contributed by atoms with Crippen LogP contribution in [0, 0.1) is 0 Å². The highest BCUT2D eigenvalue weighted by molar-refractivity contribution is 6.21. The molecule has 1 aromatic carbocycles. The lowest BCUT2D eigenvalue weighted by Gasteiger charge is -2.29. The summed E-state index contributed by atoms with van der Waals surface area (Å²) in [7, 11) is 0. The van der Waals surface area contributed by atoms with Crippen LogP contribution in [0.1, 0.15) is 18.9 Å². The summed E-state index contributed by atoms with van der Waals surface area (Å²) in [6.07, 6.45) is -0.438. The molecule has 0 spiro atoms. The fraction of sp³-hybridized carbons (Fsp3) is 0.429. The van der Waals surface area contributed by atoms with Gasteiger partial charge in [-0.3, -0.25) is 4.90 Å². The standard InChI is InChI=1S/C14H16ClNO4/c1-14(12(17)18)7-11(15)8-16(14)13(19)20-9-10-5-3-2-4-6-10/h2-6,11H,7-9H2,1H3,(H,17,18)/t11-,14+/m0/s1. The van der Waals surface area contributed by atoms with Crippen molar-refractivity contribution in [3.8, 4) is 0 Å². The van der Waals surface area contributed by atoms with E-state index in [4.69, 9.17) is 16.3 Å². The van der Waals surface area contributed by atoms with Crippen molar-refractivity contribution in [3.63, 3.8) is 0 Å². The van der Waals surface area contributed by atoms with Gasteiger partial charge in [-0.15, -0.1) is 11.6 Å². The lowest BCUT2D eigenvalue weighted by Crippen LogP contribution is -2.50. The van der Waals surface area contributed by atoms with E-state index in [0.717, 1.165) is 5.56 Å². The number of ether oxygens (including phenoxy) is 1. The van der Waals surface area contributed by atoms with Crippen LogP contribution < -0.4 is 0 Å². The van der Waals surface area contributed by atoms with Crippen molar-refractivity contribution in [1.29, 1.82) is 0 Å². The minimum atomic E-state index is -1.31. The van der Waals surface area contributed by atoms with Gasteiger partial charge in [0, 0.05) is 6.54 Å². The average molecular weight is 298 g/mol. The number of amides is 1. The van der Waals surface area contributed by atoms with Crippen LogP contribution in [0.3, 0.4) is 0 Å². The van der Waals surface area contributed by atoms with Gasteiger partial charge in [0.05, 0.1) is 5.38 Å². The lowest BCUT2D eigenvalue weighted by atomic mass is 10.00. The zero-order valence-corrected chi connectivity index (χ0v) is 11.8. The van der Waals surface area contributed by atoms with E-state index in [-0.39, 0.29) is 24.9 Å². The van der Waals surface area contributed by atoms with E-state index in [1.165, 1.54) is 11.8 Å². The molecule has 0 radical (unpaired) electrons. The van der Waals surface area contributed by atoms with Crippen LogP contribution in [0.15, 0.2) is 30.3 Å². The molecule has 0 unspecified atom stereocenters. The fourth-order valence-electron chi connectivity index (χ4n) is 2.28. The largest absolute Gasteiger partial charge is 0.480 e. The molecule has 2 rings (SSSR count). The Morgan fingerprint density at radius 3 is 2.70 bits per heavy atom. The van der Waals surface area contributed by atoms with Crippen LogP contribution in [0.25, 0.3) is 0 Å². The zero-order valence-electron chi connectivity index (χ0n) is 11.1. The third-order valence-corrected chi connectivity index (χ3v) is 3.77. The molecule has 1 heterocycles. The zero-order chi connectivity index (χ0) is 14.8. The third kappa shape index (κ3) is 2.88. The van der Waals surface area contributed by atoms with Crippen LogP contribution >= 0.6 is 11.6 Å². The number of alkyl halides is 1. The SMILES string of the molecule is C[C@]1(C(=O)O)C[C@H](Cl)CN1C(=O)OCc1ccccc1. The topological polar surface area (TPSA) is 66.8 Å². The van der Waals surface area contributed by atoms with Gasteiger partial charge in [0.25, 0.3) is 0 Å². The minimum absolute atomic E-state index is 0.110. The Kier molecular flexibility index (Phi) is 4.18. The van der Waals surface area contributed by atoms with Crippen LogP contribution in [0.5, 0.6) is 0 Å². The van der Waals surface area contributed by atoms with Gasteiger partial charge in [0.15, 0.2) is 0 Å². The van der Waals surface area contributed by atoms with Crippen molar-refractivity contribution in [1.82, 2.24) is 4.90 Å². The van der Waals surface area contributed by atoms with Gasteiger partial charge >= 0.3 is 12.1 Å². The van der Waals surface area contributed by atoms with Crippen LogP contribution in [0.2, 0.25) is 0 Å². The summed E-state index contributed by atoms with van der Waals surface area (Å²) in [5, 5.41) is 8.91.